The van der Waals surface area contributed by atoms with Gasteiger partial charge < -0.3 is 29.7 Å². The summed E-state index contributed by atoms with van der Waals surface area (Å²) in [5, 5.41) is 13.2. The van der Waals surface area contributed by atoms with Gasteiger partial charge in [-0.3, -0.25) is 9.89 Å². The number of carbonyl (C=O) groups excluding carboxylic acids is 1. The average Bonchev–Trinajstić information content (AvgIpc) is 3.60. The first-order valence-electron chi connectivity index (χ1n) is 15.1. The number of ether oxygens (including phenoxy) is 3. The quantitative estimate of drug-likeness (QED) is 0.222. The van der Waals surface area contributed by atoms with Gasteiger partial charge in [0.15, 0.2) is 5.82 Å². The second-order valence-electron chi connectivity index (χ2n) is 11.8. The van der Waals surface area contributed by atoms with Gasteiger partial charge in [-0.1, -0.05) is 0 Å². The summed E-state index contributed by atoms with van der Waals surface area (Å²) in [6, 6.07) is 11.0. The molecule has 13 nitrogen and oxygen atoms in total. The zero-order valence-corrected chi connectivity index (χ0v) is 27.6. The van der Waals surface area contributed by atoms with Crippen LogP contribution in [0.1, 0.15) is 41.0 Å². The monoisotopic (exact) mass is 683 g/mol. The van der Waals surface area contributed by atoms with Crippen LogP contribution in [-0.4, -0.2) is 74.3 Å². The van der Waals surface area contributed by atoms with Gasteiger partial charge in [-0.2, -0.15) is 9.40 Å². The average molecular weight is 684 g/mol. The van der Waals surface area contributed by atoms with Crippen LogP contribution >= 0.6 is 0 Å². The molecule has 1 amide bonds. The van der Waals surface area contributed by atoms with Crippen LogP contribution in [0.4, 0.5) is 26.2 Å². The summed E-state index contributed by atoms with van der Waals surface area (Å²) < 4.78 is 72.5. The number of halogens is 2. The van der Waals surface area contributed by atoms with E-state index >= 15 is 0 Å². The molecule has 4 aromatic rings. The Morgan fingerprint density at radius 1 is 1.02 bits per heavy atom. The molecule has 2 aromatic carbocycles. The molecule has 0 aliphatic carbocycles. The maximum Gasteiger partial charge on any atom is 0.260 e. The van der Waals surface area contributed by atoms with Crippen molar-refractivity contribution in [3.05, 3.63) is 82.5 Å². The zero-order chi connectivity index (χ0) is 34.2. The van der Waals surface area contributed by atoms with E-state index in [9.17, 15) is 22.0 Å². The van der Waals surface area contributed by atoms with E-state index in [1.54, 1.807) is 52.3 Å². The van der Waals surface area contributed by atoms with Crippen molar-refractivity contribution < 1.29 is 36.2 Å². The molecule has 2 aromatic heterocycles. The highest BCUT2D eigenvalue weighted by Crippen LogP contribution is 2.44. The number of hydrogen-bond acceptors (Lipinski definition) is 10. The van der Waals surface area contributed by atoms with Crippen molar-refractivity contribution in [1.29, 1.82) is 0 Å². The van der Waals surface area contributed by atoms with E-state index in [0.29, 0.717) is 66.8 Å². The molecule has 0 radical (unpaired) electrons. The second kappa shape index (κ2) is 13.0. The zero-order valence-electron chi connectivity index (χ0n) is 26.8. The number of hydrogen-bond donors (Lipinski definition) is 3. The summed E-state index contributed by atoms with van der Waals surface area (Å²) in [5.74, 6) is -0.259. The number of fused-ring (bicyclic) bond motifs is 1. The lowest BCUT2D eigenvalue weighted by molar-refractivity contribution is 0.102. The molecule has 48 heavy (non-hydrogen) atoms. The highest BCUT2D eigenvalue weighted by atomic mass is 32.2. The summed E-state index contributed by atoms with van der Waals surface area (Å²) in [6.45, 7) is 5.73. The van der Waals surface area contributed by atoms with E-state index in [0.717, 1.165) is 22.0 Å². The van der Waals surface area contributed by atoms with Gasteiger partial charge >= 0.3 is 0 Å². The molecule has 0 spiro atoms. The van der Waals surface area contributed by atoms with Gasteiger partial charge in [0.1, 0.15) is 34.8 Å². The molecule has 6 rings (SSSR count). The van der Waals surface area contributed by atoms with E-state index in [-0.39, 0.29) is 24.5 Å². The molecule has 16 heteroatoms. The molecule has 2 aliphatic rings. The third kappa shape index (κ3) is 6.25. The van der Waals surface area contributed by atoms with Gasteiger partial charge in [-0.05, 0) is 50.2 Å². The number of benzene rings is 2. The Kier molecular flexibility index (Phi) is 8.98. The number of amides is 1. The first-order chi connectivity index (χ1) is 22.9. The summed E-state index contributed by atoms with van der Waals surface area (Å²) >= 11 is 0. The maximum atomic E-state index is 14.0. The van der Waals surface area contributed by atoms with Crippen LogP contribution < -0.4 is 25.0 Å². The van der Waals surface area contributed by atoms with E-state index in [2.05, 4.69) is 25.7 Å². The fraction of sp³-hybridized carbons (Fsp3) is 0.344. The van der Waals surface area contributed by atoms with Crippen molar-refractivity contribution in [3.8, 4) is 11.5 Å². The van der Waals surface area contributed by atoms with Crippen LogP contribution in [0.5, 0.6) is 11.5 Å². The van der Waals surface area contributed by atoms with Gasteiger partial charge in [0, 0.05) is 49.4 Å². The molecule has 3 N–H and O–H groups in total. The Hall–Kier alpha value is -4.80. The SMILES string of the molecule is COc1ccc(CNc2nc(N3CCOCC3)ccc2C(=O)Nc2n[nH]c3c2CN(S(=O)(=O)c2cc(F)cc(F)c2)C3(C)C)c(OC)c1. The van der Waals surface area contributed by atoms with Crippen molar-refractivity contribution in [2.75, 3.05) is 56.1 Å². The molecule has 0 atom stereocenters. The number of nitrogens with zero attached hydrogens (tertiary/aromatic N) is 4. The number of aromatic amines is 1. The highest BCUT2D eigenvalue weighted by molar-refractivity contribution is 7.89. The minimum absolute atomic E-state index is 0.117. The Morgan fingerprint density at radius 3 is 2.44 bits per heavy atom. The third-order valence-electron chi connectivity index (χ3n) is 8.46. The number of rotatable bonds is 10. The number of carbonyl (C=O) groups is 1. The molecule has 0 bridgehead atoms. The smallest absolute Gasteiger partial charge is 0.260 e. The number of methoxy groups -OCH3 is 2. The topological polar surface area (TPSA) is 151 Å². The van der Waals surface area contributed by atoms with E-state index in [1.165, 1.54) is 0 Å². The van der Waals surface area contributed by atoms with Crippen molar-refractivity contribution in [2.45, 2.75) is 37.4 Å². The normalized spacial score (nSPS) is 16.0. The van der Waals surface area contributed by atoms with E-state index in [1.807, 2.05) is 6.07 Å². The van der Waals surface area contributed by atoms with Crippen molar-refractivity contribution in [3.63, 3.8) is 0 Å². The first-order valence-corrected chi connectivity index (χ1v) is 16.5. The van der Waals surface area contributed by atoms with Crippen LogP contribution in [0.15, 0.2) is 53.4 Å². The van der Waals surface area contributed by atoms with Gasteiger partial charge in [0.2, 0.25) is 10.0 Å². The predicted molar refractivity (Wildman–Crippen MR) is 173 cm³/mol. The van der Waals surface area contributed by atoms with E-state index in [4.69, 9.17) is 19.2 Å². The Labute approximate surface area is 276 Å². The number of H-pyrrole nitrogens is 1. The predicted octanol–water partition coefficient (Wildman–Crippen LogP) is 4.24. The number of morpholine rings is 1. The standard InChI is InChI=1S/C32H35F2N7O6S/c1-32(2)28-25(18-41(32)48(43,44)23-14-20(33)13-21(34)15-23)30(39-38-28)37-31(42)24-7-8-27(40-9-11-47-12-10-40)36-29(24)35-17-19-5-6-22(45-3)16-26(19)46-4/h5-8,13-16H,9-12,17-18H2,1-4H3,(H,35,36)(H2,37,38,39,42). The van der Waals surface area contributed by atoms with Crippen LogP contribution in [0.25, 0.3) is 0 Å². The Balaban J connectivity index is 1.28. The molecule has 4 heterocycles. The van der Waals surface area contributed by atoms with Crippen LogP contribution in [0.3, 0.4) is 0 Å². The molecular formula is C32H35F2N7O6S. The molecule has 2 aliphatic heterocycles. The molecule has 254 valence electrons. The lowest BCUT2D eigenvalue weighted by Crippen LogP contribution is -2.40. The fourth-order valence-electron chi connectivity index (χ4n) is 5.87. The molecular weight excluding hydrogens is 648 g/mol. The van der Waals surface area contributed by atoms with Gasteiger partial charge in [-0.15, -0.1) is 0 Å². The summed E-state index contributed by atoms with van der Waals surface area (Å²) in [4.78, 5) is 20.2. The maximum absolute atomic E-state index is 14.0. The molecule has 0 saturated carbocycles. The van der Waals surface area contributed by atoms with Crippen molar-refractivity contribution in [1.82, 2.24) is 19.5 Å². The minimum Gasteiger partial charge on any atom is -0.497 e. The van der Waals surface area contributed by atoms with Crippen LogP contribution in [0.2, 0.25) is 0 Å². The molecule has 1 saturated heterocycles. The van der Waals surface area contributed by atoms with Crippen LogP contribution in [-0.2, 0) is 33.4 Å². The number of aromatic nitrogens is 3. The fourth-order valence-corrected chi connectivity index (χ4v) is 7.64. The van der Waals surface area contributed by atoms with Crippen molar-refractivity contribution in [2.24, 2.45) is 0 Å². The van der Waals surface area contributed by atoms with Gasteiger partial charge in [-0.25, -0.2) is 22.2 Å². The highest BCUT2D eigenvalue weighted by Gasteiger charge is 2.48. The summed E-state index contributed by atoms with van der Waals surface area (Å²) in [6.07, 6.45) is 0. The lowest BCUT2D eigenvalue weighted by atomic mass is 10.0. The van der Waals surface area contributed by atoms with Crippen molar-refractivity contribution >= 4 is 33.4 Å². The molecule has 1 fully saturated rings. The number of pyridine rings is 1. The number of sulfonamides is 1. The minimum atomic E-state index is -4.35. The van der Waals surface area contributed by atoms with Crippen LogP contribution in [0, 0.1) is 11.6 Å². The van der Waals surface area contributed by atoms with Gasteiger partial charge in [0.05, 0.1) is 49.1 Å². The Bertz CT molecular complexity index is 1940. The number of anilines is 3. The first kappa shape index (κ1) is 33.1. The second-order valence-corrected chi connectivity index (χ2v) is 13.6. The largest absolute Gasteiger partial charge is 0.497 e. The third-order valence-corrected chi connectivity index (χ3v) is 10.5. The Morgan fingerprint density at radius 2 is 1.75 bits per heavy atom. The summed E-state index contributed by atoms with van der Waals surface area (Å²) in [5.41, 5.74) is 0.690. The molecule has 0 unspecified atom stereocenters. The lowest BCUT2D eigenvalue weighted by Gasteiger charge is -2.30. The van der Waals surface area contributed by atoms with E-state index < -0.39 is 38.0 Å². The van der Waals surface area contributed by atoms with Gasteiger partial charge in [0.25, 0.3) is 5.91 Å². The summed E-state index contributed by atoms with van der Waals surface area (Å²) in [7, 11) is -1.23. The number of nitrogens with one attached hydrogen (secondary N) is 3.